The first-order valence-corrected chi connectivity index (χ1v) is 15.5. The second-order valence-corrected chi connectivity index (χ2v) is 11.9. The molecule has 0 amide bonds. The van der Waals surface area contributed by atoms with Crippen LogP contribution >= 0.6 is 0 Å². The Hall–Kier alpha value is -5.77. The average molecular weight is 646 g/mol. The zero-order chi connectivity index (χ0) is 32.9. The molecule has 0 radical (unpaired) electrons. The summed E-state index contributed by atoms with van der Waals surface area (Å²) >= 11 is 0. The third-order valence-electron chi connectivity index (χ3n) is 9.41. The van der Waals surface area contributed by atoms with E-state index in [0.29, 0.717) is 56.5 Å². The van der Waals surface area contributed by atoms with Crippen LogP contribution in [0.1, 0.15) is 39.1 Å². The minimum atomic E-state index is -0.830. The molecule has 1 aromatic heterocycles. The molecule has 0 N–H and O–H groups in total. The van der Waals surface area contributed by atoms with E-state index in [2.05, 4.69) is 0 Å². The predicted molar refractivity (Wildman–Crippen MR) is 174 cm³/mol. The third-order valence-corrected chi connectivity index (χ3v) is 9.41. The van der Waals surface area contributed by atoms with Crippen LogP contribution < -0.4 is 23.7 Å². The lowest BCUT2D eigenvalue weighted by Crippen LogP contribution is -2.36. The van der Waals surface area contributed by atoms with Gasteiger partial charge in [-0.05, 0) is 47.5 Å². The van der Waals surface area contributed by atoms with Gasteiger partial charge in [0, 0.05) is 28.3 Å². The summed E-state index contributed by atoms with van der Waals surface area (Å²) in [6.07, 6.45) is -0.830. The van der Waals surface area contributed by atoms with Gasteiger partial charge in [-0.25, -0.2) is 9.78 Å². The van der Waals surface area contributed by atoms with Crippen LogP contribution in [0.5, 0.6) is 28.7 Å². The summed E-state index contributed by atoms with van der Waals surface area (Å²) in [5.74, 6) is -0.225. The predicted octanol–water partition coefficient (Wildman–Crippen LogP) is 6.49. The van der Waals surface area contributed by atoms with Crippen molar-refractivity contribution in [2.24, 2.45) is 11.8 Å². The number of rotatable bonds is 7. The van der Waals surface area contributed by atoms with E-state index < -0.39 is 29.8 Å². The molecule has 1 aliphatic carbocycles. The maximum absolute atomic E-state index is 14.3. The summed E-state index contributed by atoms with van der Waals surface area (Å²) in [7, 11) is 4.62. The van der Waals surface area contributed by atoms with E-state index in [1.54, 1.807) is 20.3 Å². The highest BCUT2D eigenvalue weighted by Crippen LogP contribution is 2.56. The first kappa shape index (κ1) is 29.6. The number of methoxy groups -OCH3 is 3. The number of cyclic esters (lactones) is 1. The molecule has 1 fully saturated rings. The molecule has 4 aromatic carbocycles. The number of ether oxygens (including phenoxy) is 7. The number of aromatic nitrogens is 1. The zero-order valence-electron chi connectivity index (χ0n) is 26.4. The number of hydrogen-bond donors (Lipinski definition) is 0. The van der Waals surface area contributed by atoms with Gasteiger partial charge in [0.2, 0.25) is 12.5 Å². The van der Waals surface area contributed by atoms with Gasteiger partial charge in [0.1, 0.15) is 6.10 Å². The van der Waals surface area contributed by atoms with Crippen molar-refractivity contribution in [3.8, 4) is 40.0 Å². The average Bonchev–Trinajstić information content (AvgIpc) is 3.76. The molecule has 5 aromatic rings. The summed E-state index contributed by atoms with van der Waals surface area (Å²) in [4.78, 5) is 32.8. The highest BCUT2D eigenvalue weighted by Gasteiger charge is 2.54. The maximum atomic E-state index is 14.3. The standard InChI is InChI=1S/C38H31NO9/c1-42-31-13-21(14-32(43-2)36(31)44-3)33-23-16-29-30(47-19-46-29)17-24(23)35(26-18-45-38(41)34(26)33)48-37(40)25-15-28(20-9-5-4-6-10-20)39-27-12-8-7-11-22(25)27/h4-17,26,33-35H,18-19H2,1-3H3. The van der Waals surface area contributed by atoms with Crippen LogP contribution in [-0.4, -0.2) is 51.7 Å². The lowest BCUT2D eigenvalue weighted by molar-refractivity contribution is -0.141. The van der Waals surface area contributed by atoms with Gasteiger partial charge in [-0.3, -0.25) is 4.79 Å². The number of carbonyl (C=O) groups excluding carboxylic acids is 2. The van der Waals surface area contributed by atoms with Crippen molar-refractivity contribution < 1.29 is 42.7 Å². The molecule has 4 unspecified atom stereocenters. The summed E-state index contributed by atoms with van der Waals surface area (Å²) < 4.78 is 40.7. The summed E-state index contributed by atoms with van der Waals surface area (Å²) in [6.45, 7) is 0.125. The Bertz CT molecular complexity index is 2050. The van der Waals surface area contributed by atoms with E-state index in [1.807, 2.05) is 78.9 Å². The van der Waals surface area contributed by atoms with E-state index in [9.17, 15) is 9.59 Å². The molecular weight excluding hydrogens is 614 g/mol. The highest BCUT2D eigenvalue weighted by molar-refractivity contribution is 6.04. The van der Waals surface area contributed by atoms with Gasteiger partial charge >= 0.3 is 11.9 Å². The largest absolute Gasteiger partial charge is 0.493 e. The van der Waals surface area contributed by atoms with E-state index in [4.69, 9.17) is 38.1 Å². The Balaban J connectivity index is 1.27. The Morgan fingerprint density at radius 1 is 0.792 bits per heavy atom. The van der Waals surface area contributed by atoms with Gasteiger partial charge in [-0.15, -0.1) is 0 Å². The van der Waals surface area contributed by atoms with Gasteiger partial charge in [0.05, 0.1) is 50.6 Å². The van der Waals surface area contributed by atoms with Crippen molar-refractivity contribution in [3.05, 3.63) is 107 Å². The molecule has 1 saturated heterocycles. The number of pyridine rings is 1. The van der Waals surface area contributed by atoms with Crippen molar-refractivity contribution in [3.63, 3.8) is 0 Å². The number of benzene rings is 4. The molecule has 48 heavy (non-hydrogen) atoms. The molecule has 10 nitrogen and oxygen atoms in total. The number of carbonyl (C=O) groups is 2. The molecule has 0 bridgehead atoms. The molecule has 0 spiro atoms. The van der Waals surface area contributed by atoms with Crippen LogP contribution in [-0.2, 0) is 14.3 Å². The van der Waals surface area contributed by atoms with Crippen molar-refractivity contribution in [1.82, 2.24) is 4.98 Å². The van der Waals surface area contributed by atoms with Crippen molar-refractivity contribution >= 4 is 22.8 Å². The molecular formula is C38H31NO9. The van der Waals surface area contributed by atoms with Crippen LogP contribution in [0.15, 0.2) is 84.9 Å². The summed E-state index contributed by atoms with van der Waals surface area (Å²) in [5, 5.41) is 0.662. The fourth-order valence-corrected chi connectivity index (χ4v) is 7.22. The van der Waals surface area contributed by atoms with Crippen molar-refractivity contribution in [2.75, 3.05) is 34.7 Å². The lowest BCUT2D eigenvalue weighted by Gasteiger charge is -2.38. The van der Waals surface area contributed by atoms with E-state index in [-0.39, 0.29) is 19.4 Å². The minimum absolute atomic E-state index is 0.0533. The monoisotopic (exact) mass is 645 g/mol. The van der Waals surface area contributed by atoms with Crippen LogP contribution in [0, 0.1) is 11.8 Å². The van der Waals surface area contributed by atoms with Crippen LogP contribution in [0.4, 0.5) is 0 Å². The van der Waals surface area contributed by atoms with Gasteiger partial charge in [0.15, 0.2) is 23.0 Å². The molecule has 2 aliphatic heterocycles. The molecule has 3 heterocycles. The Morgan fingerprint density at radius 3 is 2.19 bits per heavy atom. The molecule has 8 rings (SSSR count). The van der Waals surface area contributed by atoms with E-state index >= 15 is 0 Å². The maximum Gasteiger partial charge on any atom is 0.339 e. The topological polar surface area (TPSA) is 112 Å². The zero-order valence-corrected chi connectivity index (χ0v) is 26.4. The molecule has 4 atom stereocenters. The van der Waals surface area contributed by atoms with Crippen molar-refractivity contribution in [2.45, 2.75) is 12.0 Å². The Labute approximate surface area is 276 Å². The van der Waals surface area contributed by atoms with Crippen LogP contribution in [0.3, 0.4) is 0 Å². The number of fused-ring (bicyclic) bond motifs is 4. The first-order chi connectivity index (χ1) is 23.5. The Morgan fingerprint density at radius 2 is 1.48 bits per heavy atom. The third kappa shape index (κ3) is 4.74. The second-order valence-electron chi connectivity index (χ2n) is 11.9. The number of esters is 2. The van der Waals surface area contributed by atoms with Gasteiger partial charge in [-0.2, -0.15) is 0 Å². The number of nitrogens with zero attached hydrogens (tertiary/aromatic N) is 1. The van der Waals surface area contributed by atoms with Crippen LogP contribution in [0.25, 0.3) is 22.2 Å². The molecule has 3 aliphatic rings. The van der Waals surface area contributed by atoms with E-state index in [1.165, 1.54) is 7.11 Å². The summed E-state index contributed by atoms with van der Waals surface area (Å²) in [6, 6.07) is 26.3. The van der Waals surface area contributed by atoms with Gasteiger partial charge in [0.25, 0.3) is 0 Å². The first-order valence-electron chi connectivity index (χ1n) is 15.5. The second kappa shape index (κ2) is 11.8. The fraction of sp³-hybridized carbons (Fsp3) is 0.237. The quantitative estimate of drug-likeness (QED) is 0.182. The highest BCUT2D eigenvalue weighted by atomic mass is 16.7. The van der Waals surface area contributed by atoms with Crippen LogP contribution in [0.2, 0.25) is 0 Å². The number of para-hydroxylation sites is 1. The lowest BCUT2D eigenvalue weighted by atomic mass is 9.66. The molecule has 242 valence electrons. The van der Waals surface area contributed by atoms with Crippen molar-refractivity contribution in [1.29, 1.82) is 0 Å². The Kier molecular flexibility index (Phi) is 7.28. The molecule has 0 saturated carbocycles. The number of hydrogen-bond acceptors (Lipinski definition) is 10. The fourth-order valence-electron chi connectivity index (χ4n) is 7.22. The van der Waals surface area contributed by atoms with Gasteiger partial charge in [-0.1, -0.05) is 48.5 Å². The summed E-state index contributed by atoms with van der Waals surface area (Å²) in [5.41, 5.74) is 4.75. The van der Waals surface area contributed by atoms with Gasteiger partial charge < -0.3 is 33.2 Å². The SMILES string of the molecule is COc1cc(C2c3cc4c(cc3C(OC(=O)c3cc(-c5ccccc5)nc5ccccc35)C3COC(=O)C23)OCO4)cc(OC)c1OC. The normalized spacial score (nSPS) is 20.4. The smallest absolute Gasteiger partial charge is 0.339 e. The molecule has 10 heteroatoms. The minimum Gasteiger partial charge on any atom is -0.493 e. The van der Waals surface area contributed by atoms with E-state index in [0.717, 1.165) is 16.7 Å².